The third-order valence-corrected chi connectivity index (χ3v) is 6.07. The molecule has 0 aliphatic heterocycles. The highest BCUT2D eigenvalue weighted by atomic mass is 35.5. The van der Waals surface area contributed by atoms with Crippen molar-refractivity contribution in [1.82, 2.24) is 10.2 Å². The number of sulfone groups is 1. The average molecular weight is 436 g/mol. The predicted octanol–water partition coefficient (Wildman–Crippen LogP) is 3.59. The maximum absolute atomic E-state index is 12.3. The van der Waals surface area contributed by atoms with Gasteiger partial charge in [0.1, 0.15) is 5.75 Å². The van der Waals surface area contributed by atoms with Crippen molar-refractivity contribution in [3.05, 3.63) is 53.6 Å². The number of aromatic nitrogens is 2. The number of carbonyl (C=O) groups is 1. The van der Waals surface area contributed by atoms with Crippen LogP contribution in [0.4, 0.5) is 6.01 Å². The summed E-state index contributed by atoms with van der Waals surface area (Å²) in [5.41, 5.74) is 0.660. The number of carbonyl (C=O) groups excluding carboxylic acids is 1. The Labute approximate surface area is 172 Å². The van der Waals surface area contributed by atoms with E-state index < -0.39 is 15.7 Å². The van der Waals surface area contributed by atoms with Gasteiger partial charge in [0.15, 0.2) is 9.84 Å². The van der Waals surface area contributed by atoms with E-state index in [2.05, 4.69) is 15.5 Å². The summed E-state index contributed by atoms with van der Waals surface area (Å²) in [6.45, 7) is 0. The highest BCUT2D eigenvalue weighted by Crippen LogP contribution is 2.22. The first kappa shape index (κ1) is 20.8. The maximum atomic E-state index is 12.3. The number of methoxy groups -OCH3 is 1. The third kappa shape index (κ3) is 5.55. The van der Waals surface area contributed by atoms with Gasteiger partial charge in [0.05, 0.1) is 17.8 Å². The largest absolute Gasteiger partial charge is 0.497 e. The Bertz CT molecular complexity index is 1080. The molecular formula is C19H18ClN3O5S. The second-order valence-electron chi connectivity index (χ2n) is 6.07. The minimum absolute atomic E-state index is 0.00591. The minimum Gasteiger partial charge on any atom is -0.497 e. The summed E-state index contributed by atoms with van der Waals surface area (Å²) in [6, 6.07) is 12.8. The van der Waals surface area contributed by atoms with Crippen molar-refractivity contribution in [3.8, 4) is 17.2 Å². The van der Waals surface area contributed by atoms with Gasteiger partial charge in [-0.15, -0.1) is 5.10 Å². The van der Waals surface area contributed by atoms with E-state index in [1.165, 1.54) is 19.2 Å². The summed E-state index contributed by atoms with van der Waals surface area (Å²) in [7, 11) is -1.98. The predicted molar refractivity (Wildman–Crippen MR) is 108 cm³/mol. The van der Waals surface area contributed by atoms with E-state index in [1.807, 2.05) is 0 Å². The van der Waals surface area contributed by atoms with E-state index in [9.17, 15) is 13.2 Å². The molecule has 0 unspecified atom stereocenters. The fourth-order valence-electron chi connectivity index (χ4n) is 2.49. The van der Waals surface area contributed by atoms with Crippen molar-refractivity contribution < 1.29 is 22.4 Å². The smallest absolute Gasteiger partial charge is 0.322 e. The van der Waals surface area contributed by atoms with Crippen molar-refractivity contribution in [2.75, 3.05) is 18.2 Å². The van der Waals surface area contributed by atoms with Crippen LogP contribution in [0.15, 0.2) is 57.8 Å². The van der Waals surface area contributed by atoms with Crippen LogP contribution in [-0.2, 0) is 14.6 Å². The number of hydrogen-bond acceptors (Lipinski definition) is 7. The average Bonchev–Trinajstić information content (AvgIpc) is 3.16. The van der Waals surface area contributed by atoms with E-state index >= 15 is 0 Å². The zero-order chi connectivity index (χ0) is 20.9. The zero-order valence-corrected chi connectivity index (χ0v) is 17.0. The first-order valence-corrected chi connectivity index (χ1v) is 10.7. The summed E-state index contributed by atoms with van der Waals surface area (Å²) >= 11 is 5.83. The van der Waals surface area contributed by atoms with Crippen molar-refractivity contribution in [1.29, 1.82) is 0 Å². The van der Waals surface area contributed by atoms with Gasteiger partial charge in [-0.2, -0.15) is 0 Å². The Kier molecular flexibility index (Phi) is 6.50. The Morgan fingerprint density at radius 3 is 2.45 bits per heavy atom. The highest BCUT2D eigenvalue weighted by molar-refractivity contribution is 7.91. The van der Waals surface area contributed by atoms with Gasteiger partial charge in [-0.25, -0.2) is 8.42 Å². The first-order valence-electron chi connectivity index (χ1n) is 8.63. The van der Waals surface area contributed by atoms with E-state index in [0.29, 0.717) is 16.3 Å². The van der Waals surface area contributed by atoms with E-state index in [4.69, 9.17) is 20.8 Å². The minimum atomic E-state index is -3.49. The fraction of sp³-hybridized carbons (Fsp3) is 0.211. The van der Waals surface area contributed by atoms with Gasteiger partial charge in [0, 0.05) is 17.0 Å². The quantitative estimate of drug-likeness (QED) is 0.575. The van der Waals surface area contributed by atoms with Gasteiger partial charge < -0.3 is 9.15 Å². The molecule has 3 aromatic rings. The van der Waals surface area contributed by atoms with Gasteiger partial charge in [-0.1, -0.05) is 16.7 Å². The van der Waals surface area contributed by atoms with Crippen molar-refractivity contribution in [2.45, 2.75) is 17.7 Å². The number of rotatable bonds is 8. The van der Waals surface area contributed by atoms with Crippen molar-refractivity contribution in [2.24, 2.45) is 0 Å². The van der Waals surface area contributed by atoms with Gasteiger partial charge in [-0.3, -0.25) is 10.1 Å². The molecule has 0 aliphatic carbocycles. The molecule has 0 spiro atoms. The van der Waals surface area contributed by atoms with Gasteiger partial charge in [-0.05, 0) is 55.0 Å². The lowest BCUT2D eigenvalue weighted by Crippen LogP contribution is -2.14. The summed E-state index contributed by atoms with van der Waals surface area (Å²) in [4.78, 5) is 12.2. The maximum Gasteiger partial charge on any atom is 0.322 e. The molecule has 1 aromatic heterocycles. The van der Waals surface area contributed by atoms with Gasteiger partial charge >= 0.3 is 6.01 Å². The topological polar surface area (TPSA) is 111 Å². The summed E-state index contributed by atoms with van der Waals surface area (Å²) in [6.07, 6.45) is 0.145. The lowest BCUT2D eigenvalue weighted by molar-refractivity contribution is -0.116. The zero-order valence-electron chi connectivity index (χ0n) is 15.5. The molecule has 0 saturated carbocycles. The van der Waals surface area contributed by atoms with Crippen molar-refractivity contribution >= 4 is 33.4 Å². The first-order chi connectivity index (χ1) is 13.9. The number of halogens is 1. The Morgan fingerprint density at radius 1 is 1.10 bits per heavy atom. The number of hydrogen-bond donors (Lipinski definition) is 1. The third-order valence-electron chi connectivity index (χ3n) is 4.00. The van der Waals surface area contributed by atoms with Gasteiger partial charge in [0.2, 0.25) is 11.8 Å². The van der Waals surface area contributed by atoms with Crippen LogP contribution >= 0.6 is 11.6 Å². The standard InChI is InChI=1S/C19H18ClN3O5S/c1-27-15-8-10-16(11-9-15)29(25,26)12-2-3-17(24)21-19-23-22-18(28-19)13-4-6-14(20)7-5-13/h4-11H,2-3,12H2,1H3,(H,21,23,24). The Morgan fingerprint density at radius 2 is 1.79 bits per heavy atom. The molecule has 8 nitrogen and oxygen atoms in total. The molecular weight excluding hydrogens is 418 g/mol. The number of nitrogens with one attached hydrogen (secondary N) is 1. The summed E-state index contributed by atoms with van der Waals surface area (Å²) < 4.78 is 35.1. The second kappa shape index (κ2) is 9.06. The lowest BCUT2D eigenvalue weighted by atomic mass is 10.2. The van der Waals surface area contributed by atoms with Crippen LogP contribution < -0.4 is 10.1 Å². The van der Waals surface area contributed by atoms with Crippen LogP contribution in [-0.4, -0.2) is 37.4 Å². The molecule has 2 aromatic carbocycles. The monoisotopic (exact) mass is 435 g/mol. The Balaban J connectivity index is 1.51. The van der Waals surface area contributed by atoms with Crippen LogP contribution in [0, 0.1) is 0 Å². The van der Waals surface area contributed by atoms with E-state index in [-0.39, 0.29) is 35.4 Å². The molecule has 1 amide bonds. The van der Waals surface area contributed by atoms with E-state index in [1.54, 1.807) is 36.4 Å². The van der Waals surface area contributed by atoms with Crippen LogP contribution in [0.3, 0.4) is 0 Å². The summed E-state index contributed by atoms with van der Waals surface area (Å²) in [5.74, 6) is 0.230. The number of benzene rings is 2. The highest BCUT2D eigenvalue weighted by Gasteiger charge is 2.16. The van der Waals surface area contributed by atoms with Crippen LogP contribution in [0.25, 0.3) is 11.5 Å². The molecule has 0 radical (unpaired) electrons. The number of nitrogens with zero attached hydrogens (tertiary/aromatic N) is 2. The molecule has 1 N–H and O–H groups in total. The molecule has 0 fully saturated rings. The fourth-order valence-corrected chi connectivity index (χ4v) is 3.93. The molecule has 1 heterocycles. The summed E-state index contributed by atoms with van der Waals surface area (Å²) in [5, 5.41) is 10.7. The number of amides is 1. The molecule has 0 aliphatic rings. The Hall–Kier alpha value is -2.91. The number of anilines is 1. The molecule has 3 rings (SSSR count). The van der Waals surface area contributed by atoms with Gasteiger partial charge in [0.25, 0.3) is 0 Å². The van der Waals surface area contributed by atoms with E-state index in [0.717, 1.165) is 0 Å². The molecule has 0 saturated heterocycles. The van der Waals surface area contributed by atoms with Crippen LogP contribution in [0.2, 0.25) is 5.02 Å². The second-order valence-corrected chi connectivity index (χ2v) is 8.61. The van der Waals surface area contributed by atoms with Crippen molar-refractivity contribution in [3.63, 3.8) is 0 Å². The SMILES string of the molecule is COc1ccc(S(=O)(=O)CCCC(=O)Nc2nnc(-c3ccc(Cl)cc3)o2)cc1. The van der Waals surface area contributed by atoms with Crippen LogP contribution in [0.5, 0.6) is 5.75 Å². The number of ether oxygens (including phenoxy) is 1. The normalized spacial score (nSPS) is 11.2. The lowest BCUT2D eigenvalue weighted by Gasteiger charge is -2.05. The molecule has 0 atom stereocenters. The van der Waals surface area contributed by atoms with Crippen LogP contribution in [0.1, 0.15) is 12.8 Å². The molecule has 0 bridgehead atoms. The molecule has 10 heteroatoms. The molecule has 29 heavy (non-hydrogen) atoms. The molecule has 152 valence electrons.